The lowest BCUT2D eigenvalue weighted by atomic mass is 10.2. The summed E-state index contributed by atoms with van der Waals surface area (Å²) < 4.78 is 10.6. The number of ether oxygens (including phenoxy) is 2. The van der Waals surface area contributed by atoms with Gasteiger partial charge in [0.05, 0.1) is 19.8 Å². The van der Waals surface area contributed by atoms with Crippen molar-refractivity contribution in [2.45, 2.75) is 26.8 Å². The molecule has 0 heterocycles. The Labute approximate surface area is 127 Å². The van der Waals surface area contributed by atoms with Crippen molar-refractivity contribution in [3.05, 3.63) is 29.8 Å². The standard InChI is InChI=1S/C16H26N2O3/c1-3-18(13-16(19)20-4-2)9-6-10-21-15-8-5-7-14(11-15)12-17/h5,7-8,11H,3-4,6,9-10,12-13,17H2,1-2H3. The number of likely N-dealkylation sites (N-methyl/N-ethyl adjacent to an activating group) is 1. The van der Waals surface area contributed by atoms with Crippen molar-refractivity contribution in [3.8, 4) is 5.75 Å². The molecule has 1 rings (SSSR count). The van der Waals surface area contributed by atoms with Gasteiger partial charge in [-0.3, -0.25) is 9.69 Å². The van der Waals surface area contributed by atoms with Crippen molar-refractivity contribution in [1.82, 2.24) is 4.90 Å². The highest BCUT2D eigenvalue weighted by molar-refractivity contribution is 5.71. The quantitative estimate of drug-likeness (QED) is 0.526. The predicted molar refractivity (Wildman–Crippen MR) is 83.2 cm³/mol. The highest BCUT2D eigenvalue weighted by Gasteiger charge is 2.09. The molecule has 0 atom stereocenters. The third-order valence-corrected chi connectivity index (χ3v) is 3.13. The summed E-state index contributed by atoms with van der Waals surface area (Å²) in [5.74, 6) is 0.669. The molecule has 2 N–H and O–H groups in total. The summed E-state index contributed by atoms with van der Waals surface area (Å²) in [5.41, 5.74) is 6.66. The Balaban J connectivity index is 2.26. The molecule has 1 aromatic carbocycles. The van der Waals surface area contributed by atoms with Gasteiger partial charge in [-0.1, -0.05) is 19.1 Å². The second kappa shape index (κ2) is 10.2. The Morgan fingerprint density at radius 3 is 2.81 bits per heavy atom. The molecule has 0 unspecified atom stereocenters. The minimum Gasteiger partial charge on any atom is -0.494 e. The van der Waals surface area contributed by atoms with Crippen molar-refractivity contribution in [2.75, 3.05) is 32.8 Å². The average Bonchev–Trinajstić information content (AvgIpc) is 2.50. The van der Waals surface area contributed by atoms with E-state index in [-0.39, 0.29) is 5.97 Å². The van der Waals surface area contributed by atoms with Gasteiger partial charge in [-0.05, 0) is 37.6 Å². The van der Waals surface area contributed by atoms with Gasteiger partial charge in [0.2, 0.25) is 0 Å². The average molecular weight is 294 g/mol. The highest BCUT2D eigenvalue weighted by atomic mass is 16.5. The topological polar surface area (TPSA) is 64.8 Å². The molecular formula is C16H26N2O3. The second-order valence-electron chi connectivity index (χ2n) is 4.73. The molecule has 5 nitrogen and oxygen atoms in total. The van der Waals surface area contributed by atoms with Gasteiger partial charge in [0.1, 0.15) is 5.75 Å². The molecule has 0 aliphatic carbocycles. The minimum absolute atomic E-state index is 0.170. The molecule has 0 aliphatic rings. The Bertz CT molecular complexity index is 424. The van der Waals surface area contributed by atoms with E-state index in [1.54, 1.807) is 0 Å². The van der Waals surface area contributed by atoms with E-state index in [4.69, 9.17) is 15.2 Å². The molecule has 21 heavy (non-hydrogen) atoms. The molecule has 0 spiro atoms. The summed E-state index contributed by atoms with van der Waals surface area (Å²) in [6.07, 6.45) is 0.861. The fourth-order valence-electron chi connectivity index (χ4n) is 1.98. The zero-order valence-corrected chi connectivity index (χ0v) is 13.0. The molecule has 0 aromatic heterocycles. The highest BCUT2D eigenvalue weighted by Crippen LogP contribution is 2.13. The van der Waals surface area contributed by atoms with E-state index in [9.17, 15) is 4.79 Å². The van der Waals surface area contributed by atoms with E-state index in [2.05, 4.69) is 4.90 Å². The minimum atomic E-state index is -0.170. The maximum absolute atomic E-state index is 11.4. The summed E-state index contributed by atoms with van der Waals surface area (Å²) in [6, 6.07) is 7.80. The van der Waals surface area contributed by atoms with Gasteiger partial charge in [0.25, 0.3) is 0 Å². The number of carbonyl (C=O) groups is 1. The number of nitrogens with zero attached hydrogens (tertiary/aromatic N) is 1. The lowest BCUT2D eigenvalue weighted by molar-refractivity contribution is -0.144. The van der Waals surface area contributed by atoms with Gasteiger partial charge < -0.3 is 15.2 Å². The number of hydrogen-bond donors (Lipinski definition) is 1. The maximum atomic E-state index is 11.4. The van der Waals surface area contributed by atoms with Crippen LogP contribution in [0, 0.1) is 0 Å². The van der Waals surface area contributed by atoms with Gasteiger partial charge in [-0.15, -0.1) is 0 Å². The second-order valence-corrected chi connectivity index (χ2v) is 4.73. The van der Waals surface area contributed by atoms with E-state index < -0.39 is 0 Å². The van der Waals surface area contributed by atoms with Crippen LogP contribution in [-0.4, -0.2) is 43.7 Å². The van der Waals surface area contributed by atoms with Crippen LogP contribution in [0.25, 0.3) is 0 Å². The van der Waals surface area contributed by atoms with Crippen LogP contribution in [0.3, 0.4) is 0 Å². The Morgan fingerprint density at radius 1 is 1.33 bits per heavy atom. The lowest BCUT2D eigenvalue weighted by Gasteiger charge is -2.19. The third-order valence-electron chi connectivity index (χ3n) is 3.13. The Hall–Kier alpha value is -1.59. The van der Waals surface area contributed by atoms with E-state index in [0.717, 1.165) is 30.8 Å². The summed E-state index contributed by atoms with van der Waals surface area (Å²) in [7, 11) is 0. The van der Waals surface area contributed by atoms with Gasteiger partial charge in [0.15, 0.2) is 0 Å². The first kappa shape index (κ1) is 17.5. The van der Waals surface area contributed by atoms with Crippen molar-refractivity contribution in [1.29, 1.82) is 0 Å². The number of nitrogens with two attached hydrogens (primary N) is 1. The van der Waals surface area contributed by atoms with Crippen molar-refractivity contribution < 1.29 is 14.3 Å². The molecule has 1 aromatic rings. The largest absolute Gasteiger partial charge is 0.494 e. The number of carbonyl (C=O) groups excluding carboxylic acids is 1. The van der Waals surface area contributed by atoms with E-state index in [1.807, 2.05) is 38.1 Å². The summed E-state index contributed by atoms with van der Waals surface area (Å²) >= 11 is 0. The third kappa shape index (κ3) is 7.11. The van der Waals surface area contributed by atoms with Gasteiger partial charge in [-0.2, -0.15) is 0 Å². The summed E-state index contributed by atoms with van der Waals surface area (Å²) in [6.45, 7) is 7.38. The van der Waals surface area contributed by atoms with Gasteiger partial charge in [-0.25, -0.2) is 0 Å². The van der Waals surface area contributed by atoms with Crippen LogP contribution in [0.5, 0.6) is 5.75 Å². The predicted octanol–water partition coefficient (Wildman–Crippen LogP) is 1.80. The molecule has 0 aliphatic heterocycles. The summed E-state index contributed by atoms with van der Waals surface area (Å²) in [5, 5.41) is 0. The zero-order valence-electron chi connectivity index (χ0n) is 13.0. The molecule has 0 bridgehead atoms. The first-order chi connectivity index (χ1) is 10.2. The first-order valence-corrected chi connectivity index (χ1v) is 7.49. The molecule has 5 heteroatoms. The molecule has 0 saturated carbocycles. The van der Waals surface area contributed by atoms with E-state index in [0.29, 0.717) is 26.3 Å². The van der Waals surface area contributed by atoms with Crippen LogP contribution in [0.1, 0.15) is 25.8 Å². The van der Waals surface area contributed by atoms with Crippen LogP contribution in [-0.2, 0) is 16.1 Å². The maximum Gasteiger partial charge on any atom is 0.320 e. The van der Waals surface area contributed by atoms with Crippen molar-refractivity contribution in [3.63, 3.8) is 0 Å². The van der Waals surface area contributed by atoms with Crippen LogP contribution in [0.4, 0.5) is 0 Å². The van der Waals surface area contributed by atoms with Gasteiger partial charge >= 0.3 is 5.97 Å². The molecule has 0 fully saturated rings. The number of benzene rings is 1. The van der Waals surface area contributed by atoms with Gasteiger partial charge in [0, 0.05) is 13.1 Å². The van der Waals surface area contributed by atoms with Crippen LogP contribution < -0.4 is 10.5 Å². The molecular weight excluding hydrogens is 268 g/mol. The van der Waals surface area contributed by atoms with Crippen LogP contribution in [0.2, 0.25) is 0 Å². The molecule has 0 amide bonds. The Morgan fingerprint density at radius 2 is 2.14 bits per heavy atom. The van der Waals surface area contributed by atoms with Crippen LogP contribution in [0.15, 0.2) is 24.3 Å². The van der Waals surface area contributed by atoms with E-state index in [1.165, 1.54) is 0 Å². The fourth-order valence-corrected chi connectivity index (χ4v) is 1.98. The molecule has 0 saturated heterocycles. The van der Waals surface area contributed by atoms with Crippen molar-refractivity contribution in [2.24, 2.45) is 5.73 Å². The SMILES string of the molecule is CCOC(=O)CN(CC)CCCOc1cccc(CN)c1. The summed E-state index contributed by atoms with van der Waals surface area (Å²) in [4.78, 5) is 13.5. The lowest BCUT2D eigenvalue weighted by Crippen LogP contribution is -2.32. The normalized spacial score (nSPS) is 10.7. The van der Waals surface area contributed by atoms with E-state index >= 15 is 0 Å². The first-order valence-electron chi connectivity index (χ1n) is 7.49. The molecule has 0 radical (unpaired) electrons. The smallest absolute Gasteiger partial charge is 0.320 e. The zero-order chi connectivity index (χ0) is 15.5. The Kier molecular flexibility index (Phi) is 8.47. The van der Waals surface area contributed by atoms with Crippen LogP contribution >= 0.6 is 0 Å². The number of hydrogen-bond acceptors (Lipinski definition) is 5. The molecule has 118 valence electrons. The monoisotopic (exact) mass is 294 g/mol. The number of rotatable bonds is 10. The number of esters is 1. The van der Waals surface area contributed by atoms with Crippen molar-refractivity contribution >= 4 is 5.97 Å². The fraction of sp³-hybridized carbons (Fsp3) is 0.562.